The van der Waals surface area contributed by atoms with Gasteiger partial charge in [0.1, 0.15) is 6.07 Å². The van der Waals surface area contributed by atoms with Crippen LogP contribution in [0.4, 0.5) is 11.4 Å². The maximum atomic E-state index is 12.4. The molecule has 0 aliphatic heterocycles. The number of carbonyl (C=O) groups excluding carboxylic acids is 1. The summed E-state index contributed by atoms with van der Waals surface area (Å²) in [6, 6.07) is 23.9. The molecule has 0 spiro atoms. The van der Waals surface area contributed by atoms with Gasteiger partial charge in [-0.25, -0.2) is 0 Å². The Labute approximate surface area is 140 Å². The lowest BCUT2D eigenvalue weighted by Crippen LogP contribution is -2.11. The number of nitriles is 1. The Morgan fingerprint density at radius 3 is 2.42 bits per heavy atom. The van der Waals surface area contributed by atoms with Crippen molar-refractivity contribution < 1.29 is 4.79 Å². The normalized spacial score (nSPS) is 9.96. The minimum Gasteiger partial charge on any atom is -0.398 e. The molecule has 4 heteroatoms. The number of amides is 1. The lowest BCUT2D eigenvalue weighted by Gasteiger charge is -2.08. The summed E-state index contributed by atoms with van der Waals surface area (Å²) in [4.78, 5) is 12.4. The first-order valence-electron chi connectivity index (χ1n) is 7.44. The first-order valence-corrected chi connectivity index (χ1v) is 7.44. The van der Waals surface area contributed by atoms with Crippen LogP contribution in [0.25, 0.3) is 11.1 Å². The monoisotopic (exact) mass is 313 g/mol. The van der Waals surface area contributed by atoms with Crippen molar-refractivity contribution in [1.82, 2.24) is 0 Å². The minimum atomic E-state index is -0.181. The molecule has 24 heavy (non-hydrogen) atoms. The summed E-state index contributed by atoms with van der Waals surface area (Å²) in [5, 5.41) is 12.0. The number of nitrogens with zero attached hydrogens (tertiary/aromatic N) is 1. The Bertz CT molecular complexity index is 927. The van der Waals surface area contributed by atoms with Crippen LogP contribution in [0.2, 0.25) is 0 Å². The van der Waals surface area contributed by atoms with E-state index in [0.717, 1.165) is 16.8 Å². The van der Waals surface area contributed by atoms with Gasteiger partial charge in [-0.15, -0.1) is 0 Å². The van der Waals surface area contributed by atoms with Gasteiger partial charge in [0.05, 0.1) is 5.56 Å². The van der Waals surface area contributed by atoms with E-state index in [-0.39, 0.29) is 5.91 Å². The van der Waals surface area contributed by atoms with Crippen LogP contribution >= 0.6 is 0 Å². The lowest BCUT2D eigenvalue weighted by molar-refractivity contribution is 0.102. The molecule has 0 aromatic heterocycles. The highest BCUT2D eigenvalue weighted by molar-refractivity contribution is 6.05. The summed E-state index contributed by atoms with van der Waals surface area (Å²) in [6.45, 7) is 0. The molecule has 0 atom stereocenters. The quantitative estimate of drug-likeness (QED) is 0.716. The summed E-state index contributed by atoms with van der Waals surface area (Å²) < 4.78 is 0. The first-order chi connectivity index (χ1) is 11.7. The molecule has 1 amide bonds. The van der Waals surface area contributed by atoms with Gasteiger partial charge in [0.2, 0.25) is 0 Å². The van der Waals surface area contributed by atoms with Crippen LogP contribution < -0.4 is 11.1 Å². The van der Waals surface area contributed by atoms with Crippen LogP contribution in [0.15, 0.2) is 72.8 Å². The topological polar surface area (TPSA) is 78.9 Å². The summed E-state index contributed by atoms with van der Waals surface area (Å²) in [7, 11) is 0. The second-order valence-electron chi connectivity index (χ2n) is 5.31. The Morgan fingerprint density at radius 2 is 1.67 bits per heavy atom. The molecule has 0 saturated carbocycles. The van der Waals surface area contributed by atoms with Gasteiger partial charge in [0, 0.05) is 16.9 Å². The SMILES string of the molecule is N#Cc1cc(-c2cccc(C(=O)Nc3ccccc3)c2)ccc1N. The molecule has 0 aliphatic rings. The van der Waals surface area contributed by atoms with E-state index >= 15 is 0 Å². The van der Waals surface area contributed by atoms with Gasteiger partial charge in [0.15, 0.2) is 0 Å². The molecule has 116 valence electrons. The van der Waals surface area contributed by atoms with Crippen molar-refractivity contribution >= 4 is 17.3 Å². The number of nitrogen functional groups attached to an aromatic ring is 1. The van der Waals surface area contributed by atoms with E-state index in [1.807, 2.05) is 48.5 Å². The van der Waals surface area contributed by atoms with E-state index in [1.165, 1.54) is 0 Å². The summed E-state index contributed by atoms with van der Waals surface area (Å²) >= 11 is 0. The highest BCUT2D eigenvalue weighted by Crippen LogP contribution is 2.24. The standard InChI is InChI=1S/C20H15N3O/c21-13-17-12-15(9-10-19(17)22)14-5-4-6-16(11-14)20(24)23-18-7-2-1-3-8-18/h1-12H,22H2,(H,23,24). The molecule has 0 bridgehead atoms. The highest BCUT2D eigenvalue weighted by Gasteiger charge is 2.08. The zero-order valence-electron chi connectivity index (χ0n) is 12.9. The summed E-state index contributed by atoms with van der Waals surface area (Å²) in [5.41, 5.74) is 9.61. The molecule has 0 saturated heterocycles. The predicted molar refractivity (Wildman–Crippen MR) is 95.4 cm³/mol. The molecule has 0 radical (unpaired) electrons. The van der Waals surface area contributed by atoms with Crippen LogP contribution in [-0.4, -0.2) is 5.91 Å². The van der Waals surface area contributed by atoms with Crippen molar-refractivity contribution in [3.8, 4) is 17.2 Å². The molecule has 0 unspecified atom stereocenters. The molecule has 4 nitrogen and oxygen atoms in total. The van der Waals surface area contributed by atoms with Crippen molar-refractivity contribution in [1.29, 1.82) is 5.26 Å². The third-order valence-corrected chi connectivity index (χ3v) is 3.66. The summed E-state index contributed by atoms with van der Waals surface area (Å²) in [6.07, 6.45) is 0. The van der Waals surface area contributed by atoms with E-state index in [2.05, 4.69) is 11.4 Å². The number of rotatable bonds is 3. The Balaban J connectivity index is 1.89. The number of nitrogens with one attached hydrogen (secondary N) is 1. The van der Waals surface area contributed by atoms with Gasteiger partial charge < -0.3 is 11.1 Å². The first kappa shape index (κ1) is 15.3. The zero-order valence-corrected chi connectivity index (χ0v) is 12.9. The number of nitrogens with two attached hydrogens (primary N) is 1. The van der Waals surface area contributed by atoms with Crippen molar-refractivity contribution in [2.24, 2.45) is 0 Å². The molecule has 3 N–H and O–H groups in total. The largest absolute Gasteiger partial charge is 0.398 e. The van der Waals surface area contributed by atoms with Crippen LogP contribution in [0.3, 0.4) is 0 Å². The van der Waals surface area contributed by atoms with Crippen LogP contribution in [0.5, 0.6) is 0 Å². The van der Waals surface area contributed by atoms with Crippen molar-refractivity contribution in [3.05, 3.63) is 83.9 Å². The number of para-hydroxylation sites is 1. The fourth-order valence-electron chi connectivity index (χ4n) is 2.40. The Kier molecular flexibility index (Phi) is 4.26. The van der Waals surface area contributed by atoms with E-state index in [0.29, 0.717) is 16.8 Å². The van der Waals surface area contributed by atoms with E-state index < -0.39 is 0 Å². The van der Waals surface area contributed by atoms with E-state index in [9.17, 15) is 4.79 Å². The fourth-order valence-corrected chi connectivity index (χ4v) is 2.40. The highest BCUT2D eigenvalue weighted by atomic mass is 16.1. The number of carbonyl (C=O) groups is 1. The van der Waals surface area contributed by atoms with Gasteiger partial charge in [-0.3, -0.25) is 4.79 Å². The predicted octanol–water partition coefficient (Wildman–Crippen LogP) is 4.06. The number of hydrogen-bond donors (Lipinski definition) is 2. The molecular weight excluding hydrogens is 298 g/mol. The number of anilines is 2. The third-order valence-electron chi connectivity index (χ3n) is 3.66. The van der Waals surface area contributed by atoms with Gasteiger partial charge in [-0.05, 0) is 47.5 Å². The zero-order chi connectivity index (χ0) is 16.9. The summed E-state index contributed by atoms with van der Waals surface area (Å²) in [5.74, 6) is -0.181. The average Bonchev–Trinajstić information content (AvgIpc) is 2.63. The van der Waals surface area contributed by atoms with Crippen molar-refractivity contribution in [2.75, 3.05) is 11.1 Å². The van der Waals surface area contributed by atoms with Crippen molar-refractivity contribution in [3.63, 3.8) is 0 Å². The second kappa shape index (κ2) is 6.67. The molecule has 0 heterocycles. The molecule has 3 aromatic rings. The van der Waals surface area contributed by atoms with Crippen LogP contribution in [0.1, 0.15) is 15.9 Å². The van der Waals surface area contributed by atoms with Gasteiger partial charge in [0.25, 0.3) is 5.91 Å². The molecule has 3 aromatic carbocycles. The number of hydrogen-bond acceptors (Lipinski definition) is 3. The van der Waals surface area contributed by atoms with Crippen LogP contribution in [-0.2, 0) is 0 Å². The lowest BCUT2D eigenvalue weighted by atomic mass is 10.0. The Morgan fingerprint density at radius 1 is 0.917 bits per heavy atom. The van der Waals surface area contributed by atoms with Gasteiger partial charge >= 0.3 is 0 Å². The second-order valence-corrected chi connectivity index (χ2v) is 5.31. The average molecular weight is 313 g/mol. The van der Waals surface area contributed by atoms with Gasteiger partial charge in [-0.1, -0.05) is 36.4 Å². The maximum absolute atomic E-state index is 12.4. The number of benzene rings is 3. The fraction of sp³-hybridized carbons (Fsp3) is 0. The third kappa shape index (κ3) is 3.26. The molecule has 0 fully saturated rings. The van der Waals surface area contributed by atoms with E-state index in [4.69, 9.17) is 11.0 Å². The molecular formula is C20H15N3O. The smallest absolute Gasteiger partial charge is 0.255 e. The minimum absolute atomic E-state index is 0.181. The molecule has 3 rings (SSSR count). The van der Waals surface area contributed by atoms with Gasteiger partial charge in [-0.2, -0.15) is 5.26 Å². The molecule has 0 aliphatic carbocycles. The van der Waals surface area contributed by atoms with Crippen molar-refractivity contribution in [2.45, 2.75) is 0 Å². The van der Waals surface area contributed by atoms with E-state index in [1.54, 1.807) is 24.3 Å². The van der Waals surface area contributed by atoms with Crippen LogP contribution in [0, 0.1) is 11.3 Å². The maximum Gasteiger partial charge on any atom is 0.255 e. The Hall–Kier alpha value is -3.58.